The van der Waals surface area contributed by atoms with Crippen molar-refractivity contribution in [2.45, 2.75) is 33.2 Å². The maximum atomic E-state index is 4.11. The SMILES string of the molecule is Cc1nnc(NC2CSCC(C)(C)C2)s1. The van der Waals surface area contributed by atoms with Crippen molar-refractivity contribution in [3.8, 4) is 0 Å². The molecule has 0 amide bonds. The van der Waals surface area contributed by atoms with Gasteiger partial charge in [-0.1, -0.05) is 25.2 Å². The Labute approximate surface area is 99.1 Å². The smallest absolute Gasteiger partial charge is 0.205 e. The van der Waals surface area contributed by atoms with Crippen LogP contribution in [0, 0.1) is 12.3 Å². The minimum atomic E-state index is 0.445. The molecule has 1 saturated heterocycles. The van der Waals surface area contributed by atoms with E-state index in [1.165, 1.54) is 17.9 Å². The van der Waals surface area contributed by atoms with E-state index in [-0.39, 0.29) is 0 Å². The highest BCUT2D eigenvalue weighted by atomic mass is 32.2. The molecule has 0 aromatic carbocycles. The third-order valence-corrected chi connectivity index (χ3v) is 4.86. The third-order valence-electron chi connectivity index (χ3n) is 2.46. The van der Waals surface area contributed by atoms with E-state index in [2.05, 4.69) is 29.4 Å². The molecule has 15 heavy (non-hydrogen) atoms. The summed E-state index contributed by atoms with van der Waals surface area (Å²) in [4.78, 5) is 0. The van der Waals surface area contributed by atoms with Crippen LogP contribution in [0.15, 0.2) is 0 Å². The van der Waals surface area contributed by atoms with Crippen molar-refractivity contribution in [2.75, 3.05) is 16.8 Å². The summed E-state index contributed by atoms with van der Waals surface area (Å²) >= 11 is 3.67. The summed E-state index contributed by atoms with van der Waals surface area (Å²) in [6.45, 7) is 6.65. The molecule has 2 rings (SSSR count). The molecular formula is C10H17N3S2. The first-order chi connectivity index (χ1) is 7.05. The molecule has 0 aliphatic carbocycles. The van der Waals surface area contributed by atoms with Gasteiger partial charge in [-0.3, -0.25) is 0 Å². The summed E-state index contributed by atoms with van der Waals surface area (Å²) in [6, 6.07) is 0.547. The van der Waals surface area contributed by atoms with Crippen molar-refractivity contribution >= 4 is 28.2 Å². The van der Waals surface area contributed by atoms with Crippen LogP contribution in [0.3, 0.4) is 0 Å². The molecule has 1 aromatic rings. The molecule has 0 bridgehead atoms. The second-order valence-electron chi connectivity index (χ2n) is 4.85. The lowest BCUT2D eigenvalue weighted by molar-refractivity contribution is 0.358. The summed E-state index contributed by atoms with van der Waals surface area (Å²) in [7, 11) is 0. The molecule has 1 aliphatic heterocycles. The first-order valence-corrected chi connectivity index (χ1v) is 7.17. The fourth-order valence-electron chi connectivity index (χ4n) is 1.88. The van der Waals surface area contributed by atoms with Crippen LogP contribution in [0.5, 0.6) is 0 Å². The summed E-state index contributed by atoms with van der Waals surface area (Å²) in [5, 5.41) is 13.6. The van der Waals surface area contributed by atoms with E-state index in [0.717, 1.165) is 10.1 Å². The number of aromatic nitrogens is 2. The molecule has 1 aliphatic rings. The van der Waals surface area contributed by atoms with Crippen molar-refractivity contribution in [1.29, 1.82) is 0 Å². The van der Waals surface area contributed by atoms with E-state index in [9.17, 15) is 0 Å². The monoisotopic (exact) mass is 243 g/mol. The number of hydrogen-bond donors (Lipinski definition) is 1. The van der Waals surface area contributed by atoms with Gasteiger partial charge in [-0.2, -0.15) is 11.8 Å². The van der Waals surface area contributed by atoms with Crippen LogP contribution in [-0.2, 0) is 0 Å². The molecule has 0 spiro atoms. The van der Waals surface area contributed by atoms with Gasteiger partial charge in [-0.25, -0.2) is 0 Å². The summed E-state index contributed by atoms with van der Waals surface area (Å²) < 4.78 is 0. The van der Waals surface area contributed by atoms with Crippen LogP contribution in [0.4, 0.5) is 5.13 Å². The highest BCUT2D eigenvalue weighted by Gasteiger charge is 2.28. The van der Waals surface area contributed by atoms with Gasteiger partial charge in [0.2, 0.25) is 5.13 Å². The first kappa shape index (κ1) is 11.2. The molecule has 5 heteroatoms. The maximum Gasteiger partial charge on any atom is 0.205 e. The number of aryl methyl sites for hydroxylation is 1. The highest BCUT2D eigenvalue weighted by Crippen LogP contribution is 2.34. The lowest BCUT2D eigenvalue weighted by atomic mass is 9.88. The summed E-state index contributed by atoms with van der Waals surface area (Å²) in [5.41, 5.74) is 0.445. The van der Waals surface area contributed by atoms with Crippen molar-refractivity contribution in [1.82, 2.24) is 10.2 Å². The van der Waals surface area contributed by atoms with Crippen molar-refractivity contribution in [3.63, 3.8) is 0 Å². The van der Waals surface area contributed by atoms with E-state index >= 15 is 0 Å². The van der Waals surface area contributed by atoms with Crippen molar-refractivity contribution < 1.29 is 0 Å². The topological polar surface area (TPSA) is 37.8 Å². The number of hydrogen-bond acceptors (Lipinski definition) is 5. The lowest BCUT2D eigenvalue weighted by Gasteiger charge is -2.34. The van der Waals surface area contributed by atoms with Gasteiger partial charge >= 0.3 is 0 Å². The fourth-order valence-corrected chi connectivity index (χ4v) is 3.83. The number of nitrogens with one attached hydrogen (secondary N) is 1. The summed E-state index contributed by atoms with van der Waals surface area (Å²) in [5.74, 6) is 2.45. The predicted octanol–water partition coefficient (Wildman–Crippen LogP) is 2.79. The van der Waals surface area contributed by atoms with Crippen molar-refractivity contribution in [2.24, 2.45) is 5.41 Å². The van der Waals surface area contributed by atoms with Crippen molar-refractivity contribution in [3.05, 3.63) is 5.01 Å². The van der Waals surface area contributed by atoms with Crippen LogP contribution in [0.25, 0.3) is 0 Å². The van der Waals surface area contributed by atoms with Gasteiger partial charge in [0.1, 0.15) is 5.01 Å². The average Bonchev–Trinajstić information content (AvgIpc) is 2.49. The number of nitrogens with zero attached hydrogens (tertiary/aromatic N) is 2. The Morgan fingerprint density at radius 3 is 2.80 bits per heavy atom. The van der Waals surface area contributed by atoms with E-state index in [4.69, 9.17) is 0 Å². The third kappa shape index (κ3) is 3.08. The minimum Gasteiger partial charge on any atom is -0.356 e. The van der Waals surface area contributed by atoms with Crippen LogP contribution in [0.2, 0.25) is 0 Å². The molecule has 84 valence electrons. The van der Waals surface area contributed by atoms with Gasteiger partial charge in [0, 0.05) is 11.8 Å². The van der Waals surface area contributed by atoms with Crippen LogP contribution in [-0.4, -0.2) is 27.7 Å². The predicted molar refractivity (Wildman–Crippen MR) is 67.8 cm³/mol. The molecule has 3 nitrogen and oxygen atoms in total. The van der Waals surface area contributed by atoms with E-state index in [1.807, 2.05) is 18.7 Å². The second kappa shape index (κ2) is 4.29. The lowest BCUT2D eigenvalue weighted by Crippen LogP contribution is -2.35. The van der Waals surface area contributed by atoms with Crippen LogP contribution < -0.4 is 5.32 Å². The zero-order chi connectivity index (χ0) is 10.9. The van der Waals surface area contributed by atoms with E-state index < -0.39 is 0 Å². The largest absolute Gasteiger partial charge is 0.356 e. The Hall–Kier alpha value is -0.290. The van der Waals surface area contributed by atoms with E-state index in [0.29, 0.717) is 11.5 Å². The number of thioether (sulfide) groups is 1. The van der Waals surface area contributed by atoms with Gasteiger partial charge in [0.05, 0.1) is 0 Å². The highest BCUT2D eigenvalue weighted by molar-refractivity contribution is 7.99. The molecule has 0 saturated carbocycles. The van der Waals surface area contributed by atoms with Gasteiger partial charge < -0.3 is 5.32 Å². The molecule has 0 radical (unpaired) electrons. The molecular weight excluding hydrogens is 226 g/mol. The standard InChI is InChI=1S/C10H17N3S2/c1-7-12-13-9(15-7)11-8-4-10(2,3)6-14-5-8/h8H,4-6H2,1-3H3,(H,11,13). The Morgan fingerprint density at radius 2 is 2.20 bits per heavy atom. The minimum absolute atomic E-state index is 0.445. The van der Waals surface area contributed by atoms with Crippen LogP contribution >= 0.6 is 23.1 Å². The molecule has 1 unspecified atom stereocenters. The Balaban J connectivity index is 1.95. The van der Waals surface area contributed by atoms with Gasteiger partial charge in [-0.15, -0.1) is 10.2 Å². The Morgan fingerprint density at radius 1 is 1.40 bits per heavy atom. The zero-order valence-electron chi connectivity index (χ0n) is 9.41. The van der Waals surface area contributed by atoms with Crippen LogP contribution in [0.1, 0.15) is 25.3 Å². The maximum absolute atomic E-state index is 4.11. The second-order valence-corrected chi connectivity index (χ2v) is 7.06. The van der Waals surface area contributed by atoms with Gasteiger partial charge in [0.15, 0.2) is 0 Å². The molecule has 1 fully saturated rings. The molecule has 2 heterocycles. The zero-order valence-corrected chi connectivity index (χ0v) is 11.0. The number of rotatable bonds is 2. The van der Waals surface area contributed by atoms with E-state index in [1.54, 1.807) is 11.3 Å². The Bertz CT molecular complexity index is 335. The quantitative estimate of drug-likeness (QED) is 0.867. The molecule has 1 atom stereocenters. The number of anilines is 1. The first-order valence-electron chi connectivity index (χ1n) is 5.20. The molecule has 1 aromatic heterocycles. The van der Waals surface area contributed by atoms with Gasteiger partial charge in [0.25, 0.3) is 0 Å². The van der Waals surface area contributed by atoms with Gasteiger partial charge in [-0.05, 0) is 24.5 Å². The average molecular weight is 243 g/mol. The normalized spacial score (nSPS) is 25.1. The Kier molecular flexibility index (Phi) is 3.21. The summed E-state index contributed by atoms with van der Waals surface area (Å²) in [6.07, 6.45) is 1.22. The fraction of sp³-hybridized carbons (Fsp3) is 0.800. The molecule has 1 N–H and O–H groups in total.